The van der Waals surface area contributed by atoms with E-state index >= 15 is 0 Å². The largest absolute Gasteiger partial charge is 0.352 e. The SMILES string of the molecule is Cc1c(C(=O)NCCCN2CC(C)CC(C)C2)cccc1[N+](=O)[O-]. The van der Waals surface area contributed by atoms with E-state index in [9.17, 15) is 14.9 Å². The van der Waals surface area contributed by atoms with E-state index < -0.39 is 4.92 Å². The molecule has 132 valence electrons. The molecular weight excluding hydrogens is 306 g/mol. The number of nitrogens with zero attached hydrogens (tertiary/aromatic N) is 2. The fraction of sp³-hybridized carbons (Fsp3) is 0.611. The van der Waals surface area contributed by atoms with Crippen molar-refractivity contribution >= 4 is 11.6 Å². The molecule has 1 aromatic carbocycles. The van der Waals surface area contributed by atoms with E-state index in [2.05, 4.69) is 24.1 Å². The first kappa shape index (κ1) is 18.4. The smallest absolute Gasteiger partial charge is 0.273 e. The Labute approximate surface area is 143 Å². The number of likely N-dealkylation sites (tertiary alicyclic amines) is 1. The molecule has 2 rings (SSSR count). The maximum absolute atomic E-state index is 12.2. The molecule has 0 saturated carbocycles. The van der Waals surface area contributed by atoms with E-state index in [1.165, 1.54) is 12.5 Å². The van der Waals surface area contributed by atoms with Crippen molar-refractivity contribution in [2.24, 2.45) is 11.8 Å². The van der Waals surface area contributed by atoms with Crippen molar-refractivity contribution in [3.63, 3.8) is 0 Å². The zero-order chi connectivity index (χ0) is 17.7. The van der Waals surface area contributed by atoms with E-state index in [-0.39, 0.29) is 11.6 Å². The van der Waals surface area contributed by atoms with Crippen molar-refractivity contribution in [2.45, 2.75) is 33.6 Å². The van der Waals surface area contributed by atoms with Crippen LogP contribution in [0.15, 0.2) is 18.2 Å². The van der Waals surface area contributed by atoms with Gasteiger partial charge in [0, 0.05) is 36.8 Å². The number of piperidine rings is 1. The van der Waals surface area contributed by atoms with Gasteiger partial charge in [0.05, 0.1) is 4.92 Å². The van der Waals surface area contributed by atoms with Gasteiger partial charge in [0.25, 0.3) is 11.6 Å². The Bertz CT molecular complexity index is 593. The van der Waals surface area contributed by atoms with Crippen LogP contribution in [0, 0.1) is 28.9 Å². The highest BCUT2D eigenvalue weighted by Gasteiger charge is 2.21. The summed E-state index contributed by atoms with van der Waals surface area (Å²) in [7, 11) is 0. The second kappa shape index (κ2) is 8.24. The van der Waals surface area contributed by atoms with Gasteiger partial charge in [-0.25, -0.2) is 0 Å². The van der Waals surface area contributed by atoms with Crippen LogP contribution < -0.4 is 5.32 Å². The third kappa shape index (κ3) is 4.77. The molecule has 0 bridgehead atoms. The third-order valence-electron chi connectivity index (χ3n) is 4.63. The Morgan fingerprint density at radius 2 is 2.00 bits per heavy atom. The minimum absolute atomic E-state index is 0.0149. The van der Waals surface area contributed by atoms with Crippen molar-refractivity contribution < 1.29 is 9.72 Å². The lowest BCUT2D eigenvalue weighted by Crippen LogP contribution is -2.40. The topological polar surface area (TPSA) is 75.5 Å². The molecule has 1 heterocycles. The summed E-state index contributed by atoms with van der Waals surface area (Å²) in [6.07, 6.45) is 2.18. The van der Waals surface area contributed by atoms with Gasteiger partial charge < -0.3 is 10.2 Å². The number of hydrogen-bond donors (Lipinski definition) is 1. The molecule has 6 nitrogen and oxygen atoms in total. The van der Waals surface area contributed by atoms with E-state index in [1.54, 1.807) is 19.1 Å². The van der Waals surface area contributed by atoms with Gasteiger partial charge in [-0.2, -0.15) is 0 Å². The summed E-state index contributed by atoms with van der Waals surface area (Å²) in [6, 6.07) is 4.60. The number of hydrogen-bond acceptors (Lipinski definition) is 4. The fourth-order valence-corrected chi connectivity index (χ4v) is 3.64. The van der Waals surface area contributed by atoms with Gasteiger partial charge in [0.15, 0.2) is 0 Å². The number of nitro groups is 1. The highest BCUT2D eigenvalue weighted by atomic mass is 16.6. The van der Waals surface area contributed by atoms with Gasteiger partial charge in [-0.15, -0.1) is 0 Å². The lowest BCUT2D eigenvalue weighted by Gasteiger charge is -2.34. The quantitative estimate of drug-likeness (QED) is 0.493. The second-order valence-corrected chi connectivity index (χ2v) is 7.02. The minimum atomic E-state index is -0.454. The summed E-state index contributed by atoms with van der Waals surface area (Å²) >= 11 is 0. The number of nitro benzene ring substituents is 1. The van der Waals surface area contributed by atoms with Gasteiger partial charge in [-0.3, -0.25) is 14.9 Å². The number of amides is 1. The highest BCUT2D eigenvalue weighted by molar-refractivity contribution is 5.96. The molecule has 1 saturated heterocycles. The van der Waals surface area contributed by atoms with Crippen LogP contribution in [-0.4, -0.2) is 41.9 Å². The van der Waals surface area contributed by atoms with Gasteiger partial charge in [0.2, 0.25) is 0 Å². The normalized spacial score (nSPS) is 21.5. The summed E-state index contributed by atoms with van der Waals surface area (Å²) in [6.45, 7) is 10.0. The molecule has 1 aliphatic rings. The van der Waals surface area contributed by atoms with E-state index in [0.29, 0.717) is 17.7 Å². The van der Waals surface area contributed by atoms with Gasteiger partial charge in [-0.1, -0.05) is 19.9 Å². The second-order valence-electron chi connectivity index (χ2n) is 7.02. The standard InChI is InChI=1S/C18H27N3O3/c1-13-10-14(2)12-20(11-13)9-5-8-19-18(22)16-6-4-7-17(15(16)3)21(23)24/h4,6-7,13-14H,5,8-12H2,1-3H3,(H,19,22). The molecule has 2 unspecified atom stereocenters. The van der Waals surface area contributed by atoms with Crippen molar-refractivity contribution in [1.29, 1.82) is 0 Å². The molecule has 0 radical (unpaired) electrons. The molecule has 1 aromatic rings. The number of carbonyl (C=O) groups excluding carboxylic acids is 1. The minimum Gasteiger partial charge on any atom is -0.352 e. The number of nitrogens with one attached hydrogen (secondary N) is 1. The predicted octanol–water partition coefficient (Wildman–Crippen LogP) is 3.00. The molecule has 2 atom stereocenters. The number of rotatable bonds is 6. The van der Waals surface area contributed by atoms with Crippen LogP contribution in [0.4, 0.5) is 5.69 Å². The van der Waals surface area contributed by atoms with E-state index in [0.717, 1.165) is 37.9 Å². The molecule has 1 fully saturated rings. The molecular formula is C18H27N3O3. The van der Waals surface area contributed by atoms with E-state index in [4.69, 9.17) is 0 Å². The first-order valence-corrected chi connectivity index (χ1v) is 8.63. The molecule has 0 spiro atoms. The first-order chi connectivity index (χ1) is 11.4. The average Bonchev–Trinajstić information content (AvgIpc) is 2.50. The lowest BCUT2D eigenvalue weighted by atomic mass is 9.92. The van der Waals surface area contributed by atoms with Crippen LogP contribution >= 0.6 is 0 Å². The van der Waals surface area contributed by atoms with Crippen LogP contribution in [0.25, 0.3) is 0 Å². The van der Waals surface area contributed by atoms with Crippen LogP contribution in [0.5, 0.6) is 0 Å². The summed E-state index contributed by atoms with van der Waals surface area (Å²) in [5.41, 5.74) is 0.780. The zero-order valence-electron chi connectivity index (χ0n) is 14.7. The maximum atomic E-state index is 12.2. The van der Waals surface area contributed by atoms with Crippen molar-refractivity contribution in [1.82, 2.24) is 10.2 Å². The van der Waals surface area contributed by atoms with Crippen LogP contribution in [0.1, 0.15) is 42.6 Å². The monoisotopic (exact) mass is 333 g/mol. The van der Waals surface area contributed by atoms with Crippen LogP contribution in [0.3, 0.4) is 0 Å². The summed E-state index contributed by atoms with van der Waals surface area (Å²) in [4.78, 5) is 25.2. The lowest BCUT2D eigenvalue weighted by molar-refractivity contribution is -0.385. The summed E-state index contributed by atoms with van der Waals surface area (Å²) < 4.78 is 0. The average molecular weight is 333 g/mol. The van der Waals surface area contributed by atoms with Gasteiger partial charge in [-0.05, 0) is 44.2 Å². The number of carbonyl (C=O) groups is 1. The maximum Gasteiger partial charge on any atom is 0.273 e. The molecule has 24 heavy (non-hydrogen) atoms. The molecule has 1 N–H and O–H groups in total. The Morgan fingerprint density at radius 1 is 1.33 bits per heavy atom. The molecule has 0 aromatic heterocycles. The van der Waals surface area contributed by atoms with Crippen molar-refractivity contribution in [3.8, 4) is 0 Å². The summed E-state index contributed by atoms with van der Waals surface area (Å²) in [5.74, 6) is 1.23. The van der Waals surface area contributed by atoms with Crippen molar-refractivity contribution in [3.05, 3.63) is 39.4 Å². The van der Waals surface area contributed by atoms with Gasteiger partial charge in [0.1, 0.15) is 0 Å². The van der Waals surface area contributed by atoms with Crippen LogP contribution in [0.2, 0.25) is 0 Å². The Morgan fingerprint density at radius 3 is 2.62 bits per heavy atom. The number of benzene rings is 1. The van der Waals surface area contributed by atoms with E-state index in [1.807, 2.05) is 0 Å². The zero-order valence-corrected chi connectivity index (χ0v) is 14.7. The Balaban J connectivity index is 1.82. The Kier molecular flexibility index (Phi) is 6.31. The predicted molar refractivity (Wildman–Crippen MR) is 94.2 cm³/mol. The Hall–Kier alpha value is -1.95. The van der Waals surface area contributed by atoms with Crippen molar-refractivity contribution in [2.75, 3.05) is 26.2 Å². The first-order valence-electron chi connectivity index (χ1n) is 8.63. The third-order valence-corrected chi connectivity index (χ3v) is 4.63. The molecule has 1 aliphatic heterocycles. The summed E-state index contributed by atoms with van der Waals surface area (Å²) in [5, 5.41) is 13.8. The van der Waals surface area contributed by atoms with Crippen LogP contribution in [-0.2, 0) is 0 Å². The molecule has 0 aliphatic carbocycles. The highest BCUT2D eigenvalue weighted by Crippen LogP contribution is 2.22. The van der Waals surface area contributed by atoms with Gasteiger partial charge >= 0.3 is 0 Å². The molecule has 6 heteroatoms. The fourth-order valence-electron chi connectivity index (χ4n) is 3.64. The molecule has 1 amide bonds.